The highest BCUT2D eigenvalue weighted by molar-refractivity contribution is 5.95. The molecule has 3 rings (SSSR count). The summed E-state index contributed by atoms with van der Waals surface area (Å²) in [7, 11) is 1.43. The van der Waals surface area contributed by atoms with E-state index in [-0.39, 0.29) is 22.6 Å². The molecular formula is C27H28N2O5. The van der Waals surface area contributed by atoms with E-state index in [1.165, 1.54) is 20.2 Å². The Hall–Kier alpha value is -4.13. The summed E-state index contributed by atoms with van der Waals surface area (Å²) >= 11 is 0. The third-order valence-corrected chi connectivity index (χ3v) is 5.56. The number of benzene rings is 2. The first kappa shape index (κ1) is 24.5. The molecule has 0 amide bonds. The molecule has 1 unspecified atom stereocenters. The number of carbonyl (C=O) groups is 1. The van der Waals surface area contributed by atoms with Gasteiger partial charge < -0.3 is 19.6 Å². The molecule has 1 heterocycles. The molecule has 34 heavy (non-hydrogen) atoms. The fourth-order valence-corrected chi connectivity index (χ4v) is 3.61. The number of allylic oxidation sites excluding steroid dienone is 1. The molecule has 3 aromatic rings. The first-order valence-corrected chi connectivity index (χ1v) is 10.7. The molecule has 0 aliphatic rings. The molecule has 0 aliphatic heterocycles. The van der Waals surface area contributed by atoms with Gasteiger partial charge in [-0.1, -0.05) is 36.4 Å². The summed E-state index contributed by atoms with van der Waals surface area (Å²) < 4.78 is 11.3. The van der Waals surface area contributed by atoms with Crippen molar-refractivity contribution < 1.29 is 19.1 Å². The Labute approximate surface area is 198 Å². The van der Waals surface area contributed by atoms with Crippen LogP contribution in [0.4, 0.5) is 0 Å². The van der Waals surface area contributed by atoms with Crippen LogP contribution in [-0.4, -0.2) is 24.4 Å². The second-order valence-corrected chi connectivity index (χ2v) is 8.05. The molecule has 2 aromatic carbocycles. The first-order valence-electron chi connectivity index (χ1n) is 10.7. The van der Waals surface area contributed by atoms with Gasteiger partial charge >= 0.3 is 5.97 Å². The quantitative estimate of drug-likeness (QED) is 0.270. The molecule has 1 atom stereocenters. The third kappa shape index (κ3) is 5.09. The van der Waals surface area contributed by atoms with E-state index in [4.69, 9.17) is 9.15 Å². The number of nitrogens with one attached hydrogen (secondary N) is 1. The average molecular weight is 461 g/mol. The van der Waals surface area contributed by atoms with Crippen LogP contribution in [0.5, 0.6) is 0 Å². The molecule has 2 N–H and O–H groups in total. The molecule has 0 radical (unpaired) electrons. The van der Waals surface area contributed by atoms with E-state index in [1.807, 2.05) is 56.3 Å². The number of aliphatic imine (C=N–C) groups is 1. The van der Waals surface area contributed by atoms with Gasteiger partial charge in [0, 0.05) is 16.7 Å². The van der Waals surface area contributed by atoms with Crippen LogP contribution in [0.15, 0.2) is 80.4 Å². The van der Waals surface area contributed by atoms with Crippen molar-refractivity contribution in [2.75, 3.05) is 7.11 Å². The van der Waals surface area contributed by atoms with Crippen molar-refractivity contribution in [3.05, 3.63) is 93.1 Å². The Morgan fingerprint density at radius 3 is 2.53 bits per heavy atom. The van der Waals surface area contributed by atoms with Gasteiger partial charge in [-0.15, -0.1) is 0 Å². The van der Waals surface area contributed by atoms with Gasteiger partial charge in [0.15, 0.2) is 5.43 Å². The van der Waals surface area contributed by atoms with Crippen molar-refractivity contribution in [2.24, 2.45) is 4.99 Å². The number of hydrogen-bond acceptors (Lipinski definition) is 6. The number of rotatable bonds is 8. The predicted octanol–water partition coefficient (Wildman–Crippen LogP) is 5.27. The van der Waals surface area contributed by atoms with Gasteiger partial charge in [0.1, 0.15) is 11.3 Å². The van der Waals surface area contributed by atoms with Crippen LogP contribution in [0.1, 0.15) is 36.6 Å². The summed E-state index contributed by atoms with van der Waals surface area (Å²) in [6.07, 6.45) is 1.36. The number of hydrogen-bond donors (Lipinski definition) is 2. The normalized spacial score (nSPS) is 13.0. The van der Waals surface area contributed by atoms with Crippen molar-refractivity contribution in [3.8, 4) is 11.3 Å². The number of ether oxygens (including phenoxy) is 1. The highest BCUT2D eigenvalue weighted by atomic mass is 16.5. The topological polar surface area (TPSA) is 101 Å². The largest absolute Gasteiger partial charge is 0.481 e. The molecule has 1 aromatic heterocycles. The molecule has 7 nitrogen and oxygen atoms in total. The molecule has 0 saturated carbocycles. The Kier molecular flexibility index (Phi) is 7.36. The highest BCUT2D eigenvalue weighted by Crippen LogP contribution is 2.31. The van der Waals surface area contributed by atoms with E-state index in [0.717, 1.165) is 16.7 Å². The second kappa shape index (κ2) is 10.2. The van der Waals surface area contributed by atoms with Gasteiger partial charge in [0.2, 0.25) is 5.88 Å². The van der Waals surface area contributed by atoms with Crippen molar-refractivity contribution in [2.45, 2.75) is 33.7 Å². The summed E-state index contributed by atoms with van der Waals surface area (Å²) in [5.41, 5.74) is 3.64. The lowest BCUT2D eigenvalue weighted by molar-refractivity contribution is -0.132. The maximum atomic E-state index is 13.3. The van der Waals surface area contributed by atoms with E-state index < -0.39 is 12.0 Å². The fourth-order valence-electron chi connectivity index (χ4n) is 3.61. The van der Waals surface area contributed by atoms with E-state index in [1.54, 1.807) is 6.92 Å². The van der Waals surface area contributed by atoms with E-state index >= 15 is 0 Å². The molecule has 0 bridgehead atoms. The van der Waals surface area contributed by atoms with Gasteiger partial charge in [0.05, 0.1) is 36.0 Å². The summed E-state index contributed by atoms with van der Waals surface area (Å²) in [6.45, 7) is 10.6. The van der Waals surface area contributed by atoms with Crippen molar-refractivity contribution >= 4 is 23.2 Å². The van der Waals surface area contributed by atoms with Crippen molar-refractivity contribution in [1.82, 2.24) is 5.32 Å². The smallest absolute Gasteiger partial charge is 0.333 e. The number of aliphatic carboxylic acids is 1. The number of carboxylic acids is 1. The van der Waals surface area contributed by atoms with Gasteiger partial charge in [0.25, 0.3) is 0 Å². The van der Waals surface area contributed by atoms with Gasteiger partial charge in [-0.2, -0.15) is 0 Å². The maximum Gasteiger partial charge on any atom is 0.333 e. The lowest BCUT2D eigenvalue weighted by Gasteiger charge is -2.20. The van der Waals surface area contributed by atoms with Gasteiger partial charge in [-0.25, -0.2) is 9.79 Å². The van der Waals surface area contributed by atoms with Gasteiger partial charge in [-0.3, -0.25) is 4.79 Å². The monoisotopic (exact) mass is 460 g/mol. The van der Waals surface area contributed by atoms with E-state index in [9.17, 15) is 14.7 Å². The third-order valence-electron chi connectivity index (χ3n) is 5.56. The molecule has 0 fully saturated rings. The molecule has 7 heteroatoms. The minimum absolute atomic E-state index is 0.0683. The maximum absolute atomic E-state index is 13.3. The Morgan fingerprint density at radius 1 is 1.24 bits per heavy atom. The summed E-state index contributed by atoms with van der Waals surface area (Å²) in [4.78, 5) is 29.0. The lowest BCUT2D eigenvalue weighted by atomic mass is 9.98. The number of methoxy groups -OCH3 is 1. The number of nitrogens with zero attached hydrogens (tertiary/aromatic N) is 1. The fraction of sp³-hybridized carbons (Fsp3) is 0.222. The zero-order chi connectivity index (χ0) is 25.0. The summed E-state index contributed by atoms with van der Waals surface area (Å²) in [6, 6.07) is 12.8. The van der Waals surface area contributed by atoms with Crippen LogP contribution in [0.3, 0.4) is 0 Å². The molecule has 0 saturated heterocycles. The zero-order valence-electron chi connectivity index (χ0n) is 19.9. The SMILES string of the molecule is C=C(/N=C\C(NC(C)c1cc(C)cc2c(=O)c(C)c(-c3ccccc3)oc12)=C(/C)C(=O)O)OC. The van der Waals surface area contributed by atoms with E-state index in [2.05, 4.69) is 16.9 Å². The second-order valence-electron chi connectivity index (χ2n) is 8.05. The van der Waals surface area contributed by atoms with E-state index in [0.29, 0.717) is 22.3 Å². The first-order chi connectivity index (χ1) is 16.1. The van der Waals surface area contributed by atoms with Crippen LogP contribution in [0.25, 0.3) is 22.3 Å². The zero-order valence-corrected chi connectivity index (χ0v) is 19.9. The standard InChI is InChI=1S/C27H28N2O5/c1-15-12-21(18(4)29-23(16(2)27(31)32)14-28-19(5)33-6)26-22(13-15)24(30)17(3)25(34-26)20-10-8-7-9-11-20/h7-14,18,29H,5H2,1-4,6H3,(H,31,32)/b23-16-,28-14-. The lowest BCUT2D eigenvalue weighted by Crippen LogP contribution is -2.23. The Balaban J connectivity index is 2.18. The van der Waals surface area contributed by atoms with Gasteiger partial charge in [-0.05, 0) is 45.9 Å². The number of carboxylic acid groups (broad SMARTS) is 1. The molecule has 176 valence electrons. The van der Waals surface area contributed by atoms with Crippen LogP contribution in [0, 0.1) is 13.8 Å². The van der Waals surface area contributed by atoms with Crippen LogP contribution >= 0.6 is 0 Å². The summed E-state index contributed by atoms with van der Waals surface area (Å²) in [5.74, 6) is -0.447. The van der Waals surface area contributed by atoms with Crippen molar-refractivity contribution in [1.29, 1.82) is 0 Å². The number of aryl methyl sites for hydroxylation is 1. The average Bonchev–Trinajstić information content (AvgIpc) is 2.83. The molecular weight excluding hydrogens is 432 g/mol. The predicted molar refractivity (Wildman–Crippen MR) is 134 cm³/mol. The van der Waals surface area contributed by atoms with Crippen LogP contribution in [0.2, 0.25) is 0 Å². The minimum Gasteiger partial charge on any atom is -0.481 e. The Bertz CT molecular complexity index is 1370. The Morgan fingerprint density at radius 2 is 1.91 bits per heavy atom. The summed E-state index contributed by atoms with van der Waals surface area (Å²) in [5, 5.41) is 13.2. The molecule has 0 aliphatic carbocycles. The molecule has 0 spiro atoms. The minimum atomic E-state index is -1.09. The highest BCUT2D eigenvalue weighted by Gasteiger charge is 2.20. The van der Waals surface area contributed by atoms with Crippen LogP contribution < -0.4 is 10.7 Å². The van der Waals surface area contributed by atoms with Crippen LogP contribution in [-0.2, 0) is 9.53 Å². The number of fused-ring (bicyclic) bond motifs is 1. The van der Waals surface area contributed by atoms with Crippen molar-refractivity contribution in [3.63, 3.8) is 0 Å².